The maximum absolute atomic E-state index is 4.62. The van der Waals surface area contributed by atoms with Crippen LogP contribution in [0.4, 0.5) is 5.95 Å². The highest BCUT2D eigenvalue weighted by atomic mass is 15.1. The second kappa shape index (κ2) is 5.61. The van der Waals surface area contributed by atoms with Crippen LogP contribution in [-0.4, -0.2) is 17.0 Å². The van der Waals surface area contributed by atoms with Crippen molar-refractivity contribution in [2.24, 2.45) is 0 Å². The molecule has 3 nitrogen and oxygen atoms in total. The van der Waals surface area contributed by atoms with E-state index in [0.717, 1.165) is 17.8 Å². The predicted octanol–water partition coefficient (Wildman–Crippen LogP) is 3.65. The SMILES string of the molecule is CNc1nc(C)c(C)c(Cc2ccc(C)c(C)c2C)n1. The molecule has 3 heteroatoms. The van der Waals surface area contributed by atoms with E-state index in [-0.39, 0.29) is 0 Å². The first-order chi connectivity index (χ1) is 9.43. The van der Waals surface area contributed by atoms with Crippen LogP contribution in [0.15, 0.2) is 12.1 Å². The minimum Gasteiger partial charge on any atom is -0.357 e. The maximum atomic E-state index is 4.62. The molecule has 1 aromatic carbocycles. The molecule has 106 valence electrons. The standard InChI is InChI=1S/C17H23N3/c1-10-7-8-15(12(3)11(10)2)9-16-13(4)14(5)19-17(18-6)20-16/h7-8H,9H2,1-6H3,(H,18,19,20). The third kappa shape index (κ3) is 2.67. The van der Waals surface area contributed by atoms with Crippen molar-refractivity contribution in [1.29, 1.82) is 0 Å². The van der Waals surface area contributed by atoms with E-state index in [9.17, 15) is 0 Å². The molecule has 20 heavy (non-hydrogen) atoms. The Morgan fingerprint density at radius 2 is 1.60 bits per heavy atom. The molecule has 0 saturated carbocycles. The fourth-order valence-corrected chi connectivity index (χ4v) is 2.36. The third-order valence-corrected chi connectivity index (χ3v) is 4.24. The molecule has 0 saturated heterocycles. The van der Waals surface area contributed by atoms with Crippen LogP contribution in [0.1, 0.15) is 39.2 Å². The molecule has 1 heterocycles. The average molecular weight is 269 g/mol. The Morgan fingerprint density at radius 3 is 2.25 bits per heavy atom. The first kappa shape index (κ1) is 14.5. The fourth-order valence-electron chi connectivity index (χ4n) is 2.36. The molecular weight excluding hydrogens is 246 g/mol. The highest BCUT2D eigenvalue weighted by molar-refractivity contribution is 5.42. The molecule has 0 fully saturated rings. The van der Waals surface area contributed by atoms with E-state index < -0.39 is 0 Å². The van der Waals surface area contributed by atoms with Crippen LogP contribution < -0.4 is 5.32 Å². The van der Waals surface area contributed by atoms with Gasteiger partial charge in [-0.25, -0.2) is 9.97 Å². The molecule has 0 aliphatic rings. The van der Waals surface area contributed by atoms with Gasteiger partial charge in [0.25, 0.3) is 0 Å². The van der Waals surface area contributed by atoms with E-state index in [4.69, 9.17) is 0 Å². The van der Waals surface area contributed by atoms with Crippen LogP contribution in [0.25, 0.3) is 0 Å². The summed E-state index contributed by atoms with van der Waals surface area (Å²) in [5.74, 6) is 0.699. The van der Waals surface area contributed by atoms with Crippen molar-refractivity contribution in [2.45, 2.75) is 41.0 Å². The third-order valence-electron chi connectivity index (χ3n) is 4.24. The Hall–Kier alpha value is -1.90. The second-order valence-electron chi connectivity index (χ2n) is 5.42. The van der Waals surface area contributed by atoms with E-state index in [1.165, 1.54) is 27.8 Å². The minimum atomic E-state index is 0.699. The van der Waals surface area contributed by atoms with Gasteiger partial charge < -0.3 is 5.32 Å². The Morgan fingerprint density at radius 1 is 0.900 bits per heavy atom. The number of aryl methyl sites for hydroxylation is 2. The molecule has 0 unspecified atom stereocenters. The molecule has 0 spiro atoms. The highest BCUT2D eigenvalue weighted by Gasteiger charge is 2.11. The zero-order valence-corrected chi connectivity index (χ0v) is 13.3. The topological polar surface area (TPSA) is 37.8 Å². The van der Waals surface area contributed by atoms with Crippen molar-refractivity contribution in [3.63, 3.8) is 0 Å². The number of aromatic nitrogens is 2. The Balaban J connectivity index is 2.45. The van der Waals surface area contributed by atoms with Crippen molar-refractivity contribution < 1.29 is 0 Å². The number of anilines is 1. The second-order valence-corrected chi connectivity index (χ2v) is 5.42. The molecule has 1 N–H and O–H groups in total. The summed E-state index contributed by atoms with van der Waals surface area (Å²) >= 11 is 0. The van der Waals surface area contributed by atoms with Gasteiger partial charge in [0.05, 0.1) is 5.69 Å². The number of hydrogen-bond acceptors (Lipinski definition) is 3. The van der Waals surface area contributed by atoms with Gasteiger partial charge in [-0.1, -0.05) is 12.1 Å². The first-order valence-electron chi connectivity index (χ1n) is 7.01. The van der Waals surface area contributed by atoms with Crippen molar-refractivity contribution in [3.05, 3.63) is 51.3 Å². The number of hydrogen-bond donors (Lipinski definition) is 1. The molecule has 0 aliphatic heterocycles. The van der Waals surface area contributed by atoms with E-state index in [0.29, 0.717) is 5.95 Å². The minimum absolute atomic E-state index is 0.699. The summed E-state index contributed by atoms with van der Waals surface area (Å²) in [7, 11) is 1.86. The quantitative estimate of drug-likeness (QED) is 0.924. The molecule has 2 rings (SSSR count). The molecule has 0 radical (unpaired) electrons. The van der Waals surface area contributed by atoms with Gasteiger partial charge in [-0.05, 0) is 62.4 Å². The molecular formula is C17H23N3. The Labute approximate surface area is 121 Å². The van der Waals surface area contributed by atoms with Crippen molar-refractivity contribution in [2.75, 3.05) is 12.4 Å². The zero-order chi connectivity index (χ0) is 14.9. The van der Waals surface area contributed by atoms with E-state index in [1.54, 1.807) is 0 Å². The smallest absolute Gasteiger partial charge is 0.222 e. The number of nitrogens with zero attached hydrogens (tertiary/aromatic N) is 2. The van der Waals surface area contributed by atoms with Crippen LogP contribution in [0, 0.1) is 34.6 Å². The molecule has 2 aromatic rings. The molecule has 1 aromatic heterocycles. The normalized spacial score (nSPS) is 10.7. The Kier molecular flexibility index (Phi) is 4.07. The van der Waals surface area contributed by atoms with Crippen molar-refractivity contribution in [3.8, 4) is 0 Å². The van der Waals surface area contributed by atoms with Gasteiger partial charge in [0.1, 0.15) is 0 Å². The summed E-state index contributed by atoms with van der Waals surface area (Å²) in [6.45, 7) is 10.7. The largest absolute Gasteiger partial charge is 0.357 e. The first-order valence-corrected chi connectivity index (χ1v) is 7.01. The van der Waals surface area contributed by atoms with Gasteiger partial charge in [-0.15, -0.1) is 0 Å². The summed E-state index contributed by atoms with van der Waals surface area (Å²) in [5.41, 5.74) is 8.76. The lowest BCUT2D eigenvalue weighted by Gasteiger charge is -2.14. The lowest BCUT2D eigenvalue weighted by atomic mass is 9.95. The van der Waals surface area contributed by atoms with Crippen LogP contribution in [0.5, 0.6) is 0 Å². The van der Waals surface area contributed by atoms with E-state index in [1.807, 2.05) is 14.0 Å². The van der Waals surface area contributed by atoms with Gasteiger partial charge in [0, 0.05) is 19.2 Å². The number of nitrogens with one attached hydrogen (secondary N) is 1. The molecule has 0 atom stereocenters. The van der Waals surface area contributed by atoms with Crippen molar-refractivity contribution >= 4 is 5.95 Å². The lowest BCUT2D eigenvalue weighted by molar-refractivity contribution is 0.959. The van der Waals surface area contributed by atoms with Crippen LogP contribution in [0.3, 0.4) is 0 Å². The van der Waals surface area contributed by atoms with Gasteiger partial charge in [-0.2, -0.15) is 0 Å². The number of rotatable bonds is 3. The van der Waals surface area contributed by atoms with Gasteiger partial charge >= 0.3 is 0 Å². The summed E-state index contributed by atoms with van der Waals surface area (Å²) in [6, 6.07) is 4.41. The van der Waals surface area contributed by atoms with Crippen LogP contribution in [-0.2, 0) is 6.42 Å². The summed E-state index contributed by atoms with van der Waals surface area (Å²) < 4.78 is 0. The van der Waals surface area contributed by atoms with Crippen molar-refractivity contribution in [1.82, 2.24) is 9.97 Å². The van der Waals surface area contributed by atoms with Crippen LogP contribution >= 0.6 is 0 Å². The predicted molar refractivity (Wildman–Crippen MR) is 84.5 cm³/mol. The summed E-state index contributed by atoms with van der Waals surface area (Å²) in [4.78, 5) is 9.04. The van der Waals surface area contributed by atoms with E-state index >= 15 is 0 Å². The summed E-state index contributed by atoms with van der Waals surface area (Å²) in [5, 5.41) is 3.03. The maximum Gasteiger partial charge on any atom is 0.222 e. The monoisotopic (exact) mass is 269 g/mol. The van der Waals surface area contributed by atoms with Crippen LogP contribution in [0.2, 0.25) is 0 Å². The number of benzene rings is 1. The highest BCUT2D eigenvalue weighted by Crippen LogP contribution is 2.22. The van der Waals surface area contributed by atoms with E-state index in [2.05, 4.69) is 55.1 Å². The van der Waals surface area contributed by atoms with Gasteiger partial charge in [0.15, 0.2) is 0 Å². The zero-order valence-electron chi connectivity index (χ0n) is 13.3. The molecule has 0 bridgehead atoms. The Bertz CT molecular complexity index is 645. The molecule has 0 aliphatic carbocycles. The molecule has 0 amide bonds. The summed E-state index contributed by atoms with van der Waals surface area (Å²) in [6.07, 6.45) is 0.858. The average Bonchev–Trinajstić information content (AvgIpc) is 2.44. The van der Waals surface area contributed by atoms with Gasteiger partial charge in [0.2, 0.25) is 5.95 Å². The lowest BCUT2D eigenvalue weighted by Crippen LogP contribution is -2.07. The van der Waals surface area contributed by atoms with Gasteiger partial charge in [-0.3, -0.25) is 0 Å². The fraction of sp³-hybridized carbons (Fsp3) is 0.412.